The summed E-state index contributed by atoms with van der Waals surface area (Å²) < 4.78 is 0. The van der Waals surface area contributed by atoms with Crippen LogP contribution in [0.3, 0.4) is 0 Å². The van der Waals surface area contributed by atoms with Gasteiger partial charge in [-0.15, -0.1) is 0 Å². The summed E-state index contributed by atoms with van der Waals surface area (Å²) in [5, 5.41) is 0. The van der Waals surface area contributed by atoms with E-state index in [2.05, 4.69) is 13.8 Å². The SMILES string of the molecule is CC1CC2C(C)CCCC12. The van der Waals surface area contributed by atoms with Gasteiger partial charge in [-0.25, -0.2) is 0 Å². The normalized spacial score (nSPS) is 53.4. The van der Waals surface area contributed by atoms with Crippen molar-refractivity contribution in [2.75, 3.05) is 0 Å². The maximum absolute atomic E-state index is 2.45. The molecule has 0 nitrogen and oxygen atoms in total. The minimum atomic E-state index is 1.05. The molecule has 0 aromatic carbocycles. The Hall–Kier alpha value is 0. The smallest absolute Gasteiger partial charge is 0.0355 e. The van der Waals surface area contributed by atoms with Crippen molar-refractivity contribution >= 4 is 0 Å². The lowest BCUT2D eigenvalue weighted by atomic mass is 9.56. The van der Waals surface area contributed by atoms with Crippen LogP contribution in [-0.2, 0) is 0 Å². The zero-order chi connectivity index (χ0) is 7.14. The summed E-state index contributed by atoms with van der Waals surface area (Å²) in [5.74, 6) is 4.37. The molecule has 2 aliphatic carbocycles. The Bertz CT molecular complexity index is 126. The standard InChI is InChI=1S/C10H18/c1-7-4-3-5-9-8(2)6-10(7)9/h7-10H,3-6H2,1-2H3. The highest BCUT2D eigenvalue weighted by atomic mass is 14.5. The highest BCUT2D eigenvalue weighted by Gasteiger charge is 2.42. The lowest BCUT2D eigenvalue weighted by molar-refractivity contribution is 0.000975. The number of hydrogen-bond acceptors (Lipinski definition) is 0. The zero-order valence-electron chi connectivity index (χ0n) is 7.14. The predicted octanol–water partition coefficient (Wildman–Crippen LogP) is 3.08. The van der Waals surface area contributed by atoms with E-state index in [-0.39, 0.29) is 0 Å². The molecular formula is C10H18. The van der Waals surface area contributed by atoms with Crippen LogP contribution in [0.4, 0.5) is 0 Å². The van der Waals surface area contributed by atoms with E-state index >= 15 is 0 Å². The molecule has 4 unspecified atom stereocenters. The molecule has 2 fully saturated rings. The van der Waals surface area contributed by atoms with E-state index in [1.165, 1.54) is 25.7 Å². The van der Waals surface area contributed by atoms with E-state index < -0.39 is 0 Å². The lowest BCUT2D eigenvalue weighted by Crippen LogP contribution is -2.41. The molecular weight excluding hydrogens is 120 g/mol. The largest absolute Gasteiger partial charge is 0.0622 e. The molecule has 4 atom stereocenters. The minimum absolute atomic E-state index is 1.05. The summed E-state index contributed by atoms with van der Waals surface area (Å²) in [6.07, 6.45) is 6.09. The minimum Gasteiger partial charge on any atom is -0.0622 e. The summed E-state index contributed by atoms with van der Waals surface area (Å²) >= 11 is 0. The fourth-order valence-corrected chi connectivity index (χ4v) is 3.05. The Morgan fingerprint density at radius 1 is 0.900 bits per heavy atom. The molecule has 10 heavy (non-hydrogen) atoms. The van der Waals surface area contributed by atoms with E-state index in [4.69, 9.17) is 0 Å². The van der Waals surface area contributed by atoms with Gasteiger partial charge in [-0.2, -0.15) is 0 Å². The van der Waals surface area contributed by atoms with Crippen LogP contribution < -0.4 is 0 Å². The highest BCUT2D eigenvalue weighted by Crippen LogP contribution is 2.51. The maximum Gasteiger partial charge on any atom is -0.0355 e. The second-order valence-corrected chi connectivity index (χ2v) is 4.45. The van der Waals surface area contributed by atoms with Gasteiger partial charge in [0.15, 0.2) is 0 Å². The van der Waals surface area contributed by atoms with Gasteiger partial charge in [0.2, 0.25) is 0 Å². The molecule has 0 spiro atoms. The topological polar surface area (TPSA) is 0 Å². The zero-order valence-corrected chi connectivity index (χ0v) is 7.14. The molecule has 0 aliphatic heterocycles. The Balaban J connectivity index is 1.99. The molecule has 0 bridgehead atoms. The van der Waals surface area contributed by atoms with Gasteiger partial charge in [-0.05, 0) is 36.5 Å². The van der Waals surface area contributed by atoms with Gasteiger partial charge >= 0.3 is 0 Å². The quantitative estimate of drug-likeness (QED) is 0.482. The van der Waals surface area contributed by atoms with E-state index in [0.29, 0.717) is 0 Å². The molecule has 0 aromatic heterocycles. The van der Waals surface area contributed by atoms with Gasteiger partial charge in [-0.3, -0.25) is 0 Å². The van der Waals surface area contributed by atoms with Gasteiger partial charge in [0.1, 0.15) is 0 Å². The first-order valence-electron chi connectivity index (χ1n) is 4.79. The molecule has 2 rings (SSSR count). The molecule has 0 N–H and O–H groups in total. The van der Waals surface area contributed by atoms with Crippen LogP contribution in [0.5, 0.6) is 0 Å². The fraction of sp³-hybridized carbons (Fsp3) is 1.00. The molecule has 0 heterocycles. The van der Waals surface area contributed by atoms with Crippen LogP contribution in [0.25, 0.3) is 0 Å². The van der Waals surface area contributed by atoms with Gasteiger partial charge in [0, 0.05) is 0 Å². The number of hydrogen-bond donors (Lipinski definition) is 0. The van der Waals surface area contributed by atoms with Crippen LogP contribution in [-0.4, -0.2) is 0 Å². The van der Waals surface area contributed by atoms with Crippen molar-refractivity contribution in [2.45, 2.75) is 39.5 Å². The number of rotatable bonds is 0. The van der Waals surface area contributed by atoms with Crippen LogP contribution in [0.1, 0.15) is 39.5 Å². The molecule has 2 saturated carbocycles. The summed E-state index contributed by atoms with van der Waals surface area (Å²) in [4.78, 5) is 0. The van der Waals surface area contributed by atoms with Crippen molar-refractivity contribution in [3.63, 3.8) is 0 Å². The second kappa shape index (κ2) is 2.25. The van der Waals surface area contributed by atoms with Crippen molar-refractivity contribution < 1.29 is 0 Å². The monoisotopic (exact) mass is 138 g/mol. The predicted molar refractivity (Wildman–Crippen MR) is 43.8 cm³/mol. The highest BCUT2D eigenvalue weighted by molar-refractivity contribution is 4.92. The average Bonchev–Trinajstić information content (AvgIpc) is 1.91. The molecule has 58 valence electrons. The van der Waals surface area contributed by atoms with Gasteiger partial charge in [0.25, 0.3) is 0 Å². The van der Waals surface area contributed by atoms with Crippen LogP contribution in [0.15, 0.2) is 0 Å². The first-order valence-corrected chi connectivity index (χ1v) is 4.79. The van der Waals surface area contributed by atoms with E-state index in [9.17, 15) is 0 Å². The average molecular weight is 138 g/mol. The van der Waals surface area contributed by atoms with Crippen molar-refractivity contribution in [2.24, 2.45) is 23.7 Å². The Labute approximate surface area is 64.0 Å². The van der Waals surface area contributed by atoms with Crippen molar-refractivity contribution in [3.05, 3.63) is 0 Å². The fourth-order valence-electron chi connectivity index (χ4n) is 3.05. The van der Waals surface area contributed by atoms with E-state index in [1.54, 1.807) is 0 Å². The third-order valence-electron chi connectivity index (χ3n) is 3.85. The van der Waals surface area contributed by atoms with E-state index in [0.717, 1.165) is 23.7 Å². The third kappa shape index (κ3) is 0.810. The Kier molecular flexibility index (Phi) is 1.51. The van der Waals surface area contributed by atoms with Gasteiger partial charge < -0.3 is 0 Å². The molecule has 2 aliphatic rings. The summed E-state index contributed by atoms with van der Waals surface area (Å²) in [5.41, 5.74) is 0. The first-order chi connectivity index (χ1) is 4.79. The first kappa shape index (κ1) is 6.69. The van der Waals surface area contributed by atoms with Crippen molar-refractivity contribution in [1.82, 2.24) is 0 Å². The lowest BCUT2D eigenvalue weighted by Gasteiger charge is -2.50. The van der Waals surface area contributed by atoms with Crippen molar-refractivity contribution in [1.29, 1.82) is 0 Å². The summed E-state index contributed by atoms with van der Waals surface area (Å²) in [6.45, 7) is 4.88. The summed E-state index contributed by atoms with van der Waals surface area (Å²) in [7, 11) is 0. The molecule has 0 amide bonds. The second-order valence-electron chi connectivity index (χ2n) is 4.45. The van der Waals surface area contributed by atoms with Crippen molar-refractivity contribution in [3.8, 4) is 0 Å². The third-order valence-corrected chi connectivity index (χ3v) is 3.85. The van der Waals surface area contributed by atoms with Crippen LogP contribution in [0, 0.1) is 23.7 Å². The molecule has 0 saturated heterocycles. The van der Waals surface area contributed by atoms with Crippen LogP contribution in [0.2, 0.25) is 0 Å². The Morgan fingerprint density at radius 2 is 1.70 bits per heavy atom. The van der Waals surface area contributed by atoms with Crippen LogP contribution >= 0.6 is 0 Å². The molecule has 0 aromatic rings. The van der Waals surface area contributed by atoms with Gasteiger partial charge in [-0.1, -0.05) is 26.7 Å². The molecule has 0 heteroatoms. The van der Waals surface area contributed by atoms with E-state index in [1.807, 2.05) is 0 Å². The van der Waals surface area contributed by atoms with Gasteiger partial charge in [0.05, 0.1) is 0 Å². The molecule has 0 radical (unpaired) electrons. The Morgan fingerprint density at radius 3 is 2.30 bits per heavy atom. The maximum atomic E-state index is 2.45. The summed E-state index contributed by atoms with van der Waals surface area (Å²) in [6, 6.07) is 0. The number of fused-ring (bicyclic) bond motifs is 1.